The van der Waals surface area contributed by atoms with Gasteiger partial charge in [0.1, 0.15) is 6.04 Å². The largest absolute Gasteiger partial charge is 0.468 e. The molecule has 0 saturated heterocycles. The second kappa shape index (κ2) is 9.34. The lowest BCUT2D eigenvalue weighted by Crippen LogP contribution is -2.43. The third-order valence-corrected chi connectivity index (χ3v) is 3.14. The van der Waals surface area contributed by atoms with Crippen LogP contribution >= 0.6 is 0 Å². The third-order valence-electron chi connectivity index (χ3n) is 3.14. The number of carbonyl (C=O) groups is 1. The first-order chi connectivity index (χ1) is 8.40. The summed E-state index contributed by atoms with van der Waals surface area (Å²) in [5.41, 5.74) is 0. The van der Waals surface area contributed by atoms with E-state index in [1.807, 2.05) is 13.8 Å². The summed E-state index contributed by atoms with van der Waals surface area (Å²) in [5.74, 6) is 0.533. The fourth-order valence-electron chi connectivity index (χ4n) is 1.92. The summed E-state index contributed by atoms with van der Waals surface area (Å²) in [6, 6.07) is 0.0864. The summed E-state index contributed by atoms with van der Waals surface area (Å²) < 4.78 is 4.83. The molecule has 4 heteroatoms. The van der Waals surface area contributed by atoms with Crippen LogP contribution in [-0.2, 0) is 9.53 Å². The Kier molecular flexibility index (Phi) is 9.02. The lowest BCUT2D eigenvalue weighted by molar-refractivity contribution is -0.143. The molecule has 0 aliphatic carbocycles. The Balaban J connectivity index is 4.13. The molecular weight excluding hydrogens is 228 g/mol. The van der Waals surface area contributed by atoms with Crippen molar-refractivity contribution >= 4 is 5.97 Å². The highest BCUT2D eigenvalue weighted by atomic mass is 16.5. The van der Waals surface area contributed by atoms with Crippen molar-refractivity contribution in [2.24, 2.45) is 5.92 Å². The maximum atomic E-state index is 11.6. The van der Waals surface area contributed by atoms with Gasteiger partial charge in [-0.2, -0.15) is 0 Å². The van der Waals surface area contributed by atoms with E-state index in [2.05, 4.69) is 31.1 Å². The molecule has 0 aromatic heterocycles. The molecule has 0 rings (SSSR count). The topological polar surface area (TPSA) is 41.6 Å². The third kappa shape index (κ3) is 7.67. The number of esters is 1. The molecule has 0 aliphatic rings. The van der Waals surface area contributed by atoms with Crippen LogP contribution < -0.4 is 5.32 Å². The number of ether oxygens (including phenoxy) is 1. The molecule has 18 heavy (non-hydrogen) atoms. The molecular formula is C14H30N2O2. The smallest absolute Gasteiger partial charge is 0.322 e. The Labute approximate surface area is 112 Å². The Morgan fingerprint density at radius 3 is 2.39 bits per heavy atom. The van der Waals surface area contributed by atoms with Gasteiger partial charge in [-0.25, -0.2) is 0 Å². The van der Waals surface area contributed by atoms with E-state index < -0.39 is 0 Å². The first-order valence-corrected chi connectivity index (χ1v) is 6.93. The van der Waals surface area contributed by atoms with Gasteiger partial charge in [0.2, 0.25) is 0 Å². The van der Waals surface area contributed by atoms with E-state index in [1.54, 1.807) is 0 Å². The lowest BCUT2D eigenvalue weighted by Gasteiger charge is -2.24. The molecule has 1 N–H and O–H groups in total. The van der Waals surface area contributed by atoms with Gasteiger partial charge in [0.05, 0.1) is 7.11 Å². The zero-order valence-electron chi connectivity index (χ0n) is 12.8. The van der Waals surface area contributed by atoms with Crippen LogP contribution in [0.1, 0.15) is 40.5 Å². The summed E-state index contributed by atoms with van der Waals surface area (Å²) in [6.45, 7) is 10.5. The standard InChI is InChI=1S/C14H30N2O2/c1-7-12(4)10-16(5)9-8-13(14(17)18-6)15-11(2)3/h11-13,15H,7-10H2,1-6H3. The maximum Gasteiger partial charge on any atom is 0.322 e. The van der Waals surface area contributed by atoms with E-state index in [1.165, 1.54) is 13.5 Å². The molecule has 0 aliphatic heterocycles. The van der Waals surface area contributed by atoms with E-state index in [0.29, 0.717) is 5.92 Å². The molecule has 2 unspecified atom stereocenters. The monoisotopic (exact) mass is 258 g/mol. The van der Waals surface area contributed by atoms with Crippen molar-refractivity contribution in [3.63, 3.8) is 0 Å². The molecule has 0 saturated carbocycles. The number of methoxy groups -OCH3 is 1. The van der Waals surface area contributed by atoms with Gasteiger partial charge in [0.15, 0.2) is 0 Å². The van der Waals surface area contributed by atoms with Crippen LogP contribution in [0, 0.1) is 5.92 Å². The number of nitrogens with zero attached hydrogens (tertiary/aromatic N) is 1. The van der Waals surface area contributed by atoms with Crippen molar-refractivity contribution in [1.29, 1.82) is 0 Å². The lowest BCUT2D eigenvalue weighted by atomic mass is 10.1. The van der Waals surface area contributed by atoms with Crippen molar-refractivity contribution in [1.82, 2.24) is 10.2 Å². The van der Waals surface area contributed by atoms with Crippen LogP contribution in [0.3, 0.4) is 0 Å². The van der Waals surface area contributed by atoms with E-state index in [4.69, 9.17) is 4.74 Å². The van der Waals surface area contributed by atoms with Crippen LogP contribution in [0.15, 0.2) is 0 Å². The maximum absolute atomic E-state index is 11.6. The summed E-state index contributed by atoms with van der Waals surface area (Å²) >= 11 is 0. The number of nitrogens with one attached hydrogen (secondary N) is 1. The molecule has 0 spiro atoms. The SMILES string of the molecule is CCC(C)CN(C)CCC(NC(C)C)C(=O)OC. The quantitative estimate of drug-likeness (QED) is 0.641. The zero-order valence-corrected chi connectivity index (χ0v) is 12.8. The van der Waals surface area contributed by atoms with Crippen LogP contribution in [0.5, 0.6) is 0 Å². The number of hydrogen-bond donors (Lipinski definition) is 1. The normalized spacial score (nSPS) is 14.9. The van der Waals surface area contributed by atoms with Gasteiger partial charge < -0.3 is 15.0 Å². The van der Waals surface area contributed by atoms with Crippen LogP contribution in [0.4, 0.5) is 0 Å². The highest BCUT2D eigenvalue weighted by molar-refractivity contribution is 5.75. The average Bonchev–Trinajstić information content (AvgIpc) is 2.32. The highest BCUT2D eigenvalue weighted by Crippen LogP contribution is 2.05. The van der Waals surface area contributed by atoms with Crippen LogP contribution in [0.25, 0.3) is 0 Å². The van der Waals surface area contributed by atoms with Crippen molar-refractivity contribution in [3.05, 3.63) is 0 Å². The minimum atomic E-state index is -0.200. The Hall–Kier alpha value is -0.610. The van der Waals surface area contributed by atoms with Gasteiger partial charge in [-0.05, 0) is 25.9 Å². The number of rotatable bonds is 9. The molecule has 0 radical (unpaired) electrons. The predicted molar refractivity (Wildman–Crippen MR) is 75.6 cm³/mol. The molecule has 0 bridgehead atoms. The minimum absolute atomic E-state index is 0.166. The summed E-state index contributed by atoms with van der Waals surface area (Å²) in [7, 11) is 3.55. The van der Waals surface area contributed by atoms with E-state index in [-0.39, 0.29) is 18.1 Å². The van der Waals surface area contributed by atoms with Crippen LogP contribution in [0.2, 0.25) is 0 Å². The second-order valence-corrected chi connectivity index (χ2v) is 5.46. The van der Waals surface area contributed by atoms with Gasteiger partial charge in [0.25, 0.3) is 0 Å². The minimum Gasteiger partial charge on any atom is -0.468 e. The second-order valence-electron chi connectivity index (χ2n) is 5.46. The Morgan fingerprint density at radius 1 is 1.33 bits per heavy atom. The fraction of sp³-hybridized carbons (Fsp3) is 0.929. The number of carbonyl (C=O) groups excluding carboxylic acids is 1. The van der Waals surface area contributed by atoms with Gasteiger partial charge in [0, 0.05) is 12.6 Å². The number of hydrogen-bond acceptors (Lipinski definition) is 4. The van der Waals surface area contributed by atoms with Gasteiger partial charge in [-0.3, -0.25) is 4.79 Å². The van der Waals surface area contributed by atoms with E-state index in [9.17, 15) is 4.79 Å². The molecule has 2 atom stereocenters. The van der Waals surface area contributed by atoms with Gasteiger partial charge in [-0.1, -0.05) is 34.1 Å². The summed E-state index contributed by atoms with van der Waals surface area (Å²) in [4.78, 5) is 13.9. The van der Waals surface area contributed by atoms with E-state index in [0.717, 1.165) is 19.5 Å². The molecule has 0 amide bonds. The molecule has 4 nitrogen and oxygen atoms in total. The molecule has 0 aromatic carbocycles. The Morgan fingerprint density at radius 2 is 1.94 bits per heavy atom. The summed E-state index contributed by atoms with van der Waals surface area (Å²) in [6.07, 6.45) is 1.98. The van der Waals surface area contributed by atoms with Gasteiger partial charge >= 0.3 is 5.97 Å². The average molecular weight is 258 g/mol. The van der Waals surface area contributed by atoms with Crippen molar-refractivity contribution in [2.45, 2.75) is 52.6 Å². The fourth-order valence-corrected chi connectivity index (χ4v) is 1.92. The highest BCUT2D eigenvalue weighted by Gasteiger charge is 2.20. The first kappa shape index (κ1) is 17.4. The van der Waals surface area contributed by atoms with Crippen molar-refractivity contribution < 1.29 is 9.53 Å². The molecule has 0 fully saturated rings. The predicted octanol–water partition coefficient (Wildman–Crippen LogP) is 1.89. The Bertz CT molecular complexity index is 232. The van der Waals surface area contributed by atoms with Gasteiger partial charge in [-0.15, -0.1) is 0 Å². The molecule has 108 valence electrons. The van der Waals surface area contributed by atoms with Crippen molar-refractivity contribution in [2.75, 3.05) is 27.2 Å². The van der Waals surface area contributed by atoms with Crippen molar-refractivity contribution in [3.8, 4) is 0 Å². The molecule has 0 aromatic rings. The molecule has 0 heterocycles. The first-order valence-electron chi connectivity index (χ1n) is 6.93. The summed E-state index contributed by atoms with van der Waals surface area (Å²) in [5, 5.41) is 3.25. The van der Waals surface area contributed by atoms with E-state index >= 15 is 0 Å². The van der Waals surface area contributed by atoms with Crippen LogP contribution in [-0.4, -0.2) is 50.2 Å². The zero-order chi connectivity index (χ0) is 14.1.